The van der Waals surface area contributed by atoms with E-state index in [1.165, 1.54) is 12.8 Å². The lowest BCUT2D eigenvalue weighted by atomic mass is 10.0. The van der Waals surface area contributed by atoms with Crippen molar-refractivity contribution in [2.75, 3.05) is 6.54 Å². The Kier molecular flexibility index (Phi) is 7.76. The molecule has 2 nitrogen and oxygen atoms in total. The van der Waals surface area contributed by atoms with Gasteiger partial charge in [0.2, 0.25) is 5.91 Å². The lowest BCUT2D eigenvalue weighted by Crippen LogP contribution is -2.30. The van der Waals surface area contributed by atoms with Crippen LogP contribution in [0.4, 0.5) is 0 Å². The predicted octanol–water partition coefficient (Wildman–Crippen LogP) is 2.73. The van der Waals surface area contributed by atoms with Crippen molar-refractivity contribution in [2.45, 2.75) is 52.9 Å². The quantitative estimate of drug-likeness (QED) is 0.607. The second-order valence-electron chi connectivity index (χ2n) is 3.51. The van der Waals surface area contributed by atoms with Crippen molar-refractivity contribution in [3.8, 4) is 0 Å². The Bertz CT molecular complexity index is 130. The summed E-state index contributed by atoms with van der Waals surface area (Å²) in [5, 5.41) is 2.98. The Hall–Kier alpha value is -0.530. The normalized spacial score (nSPS) is 10.5. The van der Waals surface area contributed by atoms with E-state index in [1.807, 2.05) is 0 Å². The van der Waals surface area contributed by atoms with Crippen LogP contribution >= 0.6 is 0 Å². The van der Waals surface area contributed by atoms with Crippen molar-refractivity contribution < 1.29 is 4.79 Å². The zero-order valence-corrected chi connectivity index (χ0v) is 9.23. The largest absolute Gasteiger partial charge is 0.356 e. The Balaban J connectivity index is 3.48. The summed E-state index contributed by atoms with van der Waals surface area (Å²) in [6, 6.07) is 0. The van der Waals surface area contributed by atoms with Crippen LogP contribution in [0.1, 0.15) is 52.9 Å². The topological polar surface area (TPSA) is 29.1 Å². The van der Waals surface area contributed by atoms with E-state index in [-0.39, 0.29) is 11.8 Å². The monoisotopic (exact) mass is 185 g/mol. The van der Waals surface area contributed by atoms with Crippen LogP contribution in [0.5, 0.6) is 0 Å². The maximum Gasteiger partial charge on any atom is 0.223 e. The average Bonchev–Trinajstić information content (AvgIpc) is 2.14. The third-order valence-corrected chi connectivity index (χ3v) is 2.44. The molecule has 0 aromatic heterocycles. The van der Waals surface area contributed by atoms with E-state index >= 15 is 0 Å². The molecule has 0 spiro atoms. The summed E-state index contributed by atoms with van der Waals surface area (Å²) in [5.41, 5.74) is 0. The van der Waals surface area contributed by atoms with Crippen LogP contribution in [0, 0.1) is 5.92 Å². The highest BCUT2D eigenvalue weighted by Gasteiger charge is 2.12. The van der Waals surface area contributed by atoms with E-state index in [1.54, 1.807) is 0 Å². The van der Waals surface area contributed by atoms with Crippen LogP contribution in [-0.2, 0) is 4.79 Å². The van der Waals surface area contributed by atoms with Crippen molar-refractivity contribution in [1.82, 2.24) is 5.32 Å². The molecule has 0 saturated carbocycles. The van der Waals surface area contributed by atoms with Gasteiger partial charge < -0.3 is 5.32 Å². The minimum absolute atomic E-state index is 0.224. The van der Waals surface area contributed by atoms with Gasteiger partial charge in [0, 0.05) is 12.5 Å². The molecule has 0 aromatic rings. The van der Waals surface area contributed by atoms with Gasteiger partial charge in [-0.05, 0) is 19.3 Å². The highest BCUT2D eigenvalue weighted by atomic mass is 16.1. The molecule has 78 valence electrons. The maximum atomic E-state index is 11.5. The van der Waals surface area contributed by atoms with Gasteiger partial charge in [-0.25, -0.2) is 0 Å². The van der Waals surface area contributed by atoms with Gasteiger partial charge in [0.1, 0.15) is 0 Å². The second kappa shape index (κ2) is 8.09. The number of rotatable bonds is 7. The molecular formula is C11H23NO. The van der Waals surface area contributed by atoms with Crippen LogP contribution in [0.2, 0.25) is 0 Å². The van der Waals surface area contributed by atoms with Crippen LogP contribution in [0.3, 0.4) is 0 Å². The van der Waals surface area contributed by atoms with Gasteiger partial charge >= 0.3 is 0 Å². The number of carbonyl (C=O) groups excluding carboxylic acids is 1. The highest BCUT2D eigenvalue weighted by molar-refractivity contribution is 5.78. The SMILES string of the molecule is CCCCCNC(=O)C(CC)CC. The molecule has 0 unspecified atom stereocenters. The van der Waals surface area contributed by atoms with Gasteiger partial charge in [-0.1, -0.05) is 33.6 Å². The van der Waals surface area contributed by atoms with Crippen LogP contribution in [0.25, 0.3) is 0 Å². The Morgan fingerprint density at radius 2 is 1.77 bits per heavy atom. The molecule has 0 atom stereocenters. The standard InChI is InChI=1S/C11H23NO/c1-4-7-8-9-12-11(13)10(5-2)6-3/h10H,4-9H2,1-3H3,(H,12,13). The number of amides is 1. The van der Waals surface area contributed by atoms with Crippen molar-refractivity contribution >= 4 is 5.91 Å². The molecule has 0 aromatic carbocycles. The Morgan fingerprint density at radius 1 is 1.15 bits per heavy atom. The number of carbonyl (C=O) groups is 1. The van der Waals surface area contributed by atoms with Gasteiger partial charge in [-0.3, -0.25) is 4.79 Å². The summed E-state index contributed by atoms with van der Waals surface area (Å²) in [7, 11) is 0. The highest BCUT2D eigenvalue weighted by Crippen LogP contribution is 2.06. The van der Waals surface area contributed by atoms with Gasteiger partial charge in [0.05, 0.1) is 0 Å². The van der Waals surface area contributed by atoms with E-state index in [0.29, 0.717) is 0 Å². The fraction of sp³-hybridized carbons (Fsp3) is 0.909. The predicted molar refractivity (Wildman–Crippen MR) is 56.6 cm³/mol. The molecule has 0 aliphatic rings. The molecule has 13 heavy (non-hydrogen) atoms. The van der Waals surface area contributed by atoms with Crippen molar-refractivity contribution in [3.63, 3.8) is 0 Å². The van der Waals surface area contributed by atoms with Gasteiger partial charge in [0.15, 0.2) is 0 Å². The van der Waals surface area contributed by atoms with Crippen molar-refractivity contribution in [1.29, 1.82) is 0 Å². The molecule has 1 amide bonds. The number of unbranched alkanes of at least 4 members (excludes halogenated alkanes) is 2. The summed E-state index contributed by atoms with van der Waals surface area (Å²) in [5.74, 6) is 0.461. The van der Waals surface area contributed by atoms with E-state index in [4.69, 9.17) is 0 Å². The van der Waals surface area contributed by atoms with Crippen LogP contribution in [-0.4, -0.2) is 12.5 Å². The van der Waals surface area contributed by atoms with Crippen LogP contribution < -0.4 is 5.32 Å². The summed E-state index contributed by atoms with van der Waals surface area (Å²) >= 11 is 0. The lowest BCUT2D eigenvalue weighted by molar-refractivity contribution is -0.125. The fourth-order valence-electron chi connectivity index (χ4n) is 1.39. The molecular weight excluding hydrogens is 162 g/mol. The molecule has 0 bridgehead atoms. The number of hydrogen-bond donors (Lipinski definition) is 1. The minimum atomic E-state index is 0.224. The first-order chi connectivity index (χ1) is 6.26. The molecule has 0 aliphatic carbocycles. The van der Waals surface area contributed by atoms with E-state index in [2.05, 4.69) is 26.1 Å². The molecule has 2 heteroatoms. The summed E-state index contributed by atoms with van der Waals surface area (Å²) in [4.78, 5) is 11.5. The maximum absolute atomic E-state index is 11.5. The summed E-state index contributed by atoms with van der Waals surface area (Å²) in [6.45, 7) is 7.16. The molecule has 0 heterocycles. The van der Waals surface area contributed by atoms with Crippen molar-refractivity contribution in [2.24, 2.45) is 5.92 Å². The first-order valence-electron chi connectivity index (χ1n) is 5.53. The van der Waals surface area contributed by atoms with E-state index in [9.17, 15) is 4.79 Å². The summed E-state index contributed by atoms with van der Waals surface area (Å²) < 4.78 is 0. The van der Waals surface area contributed by atoms with Gasteiger partial charge in [-0.15, -0.1) is 0 Å². The third-order valence-electron chi connectivity index (χ3n) is 2.44. The number of nitrogens with one attached hydrogen (secondary N) is 1. The van der Waals surface area contributed by atoms with Gasteiger partial charge in [-0.2, -0.15) is 0 Å². The summed E-state index contributed by atoms with van der Waals surface area (Å²) in [6.07, 6.45) is 5.44. The Morgan fingerprint density at radius 3 is 2.23 bits per heavy atom. The van der Waals surface area contributed by atoms with Crippen molar-refractivity contribution in [3.05, 3.63) is 0 Å². The Labute approximate surface area is 82.1 Å². The van der Waals surface area contributed by atoms with Gasteiger partial charge in [0.25, 0.3) is 0 Å². The second-order valence-corrected chi connectivity index (χ2v) is 3.51. The zero-order chi connectivity index (χ0) is 10.1. The molecule has 0 fully saturated rings. The van der Waals surface area contributed by atoms with E-state index in [0.717, 1.165) is 25.8 Å². The van der Waals surface area contributed by atoms with E-state index < -0.39 is 0 Å². The zero-order valence-electron chi connectivity index (χ0n) is 9.23. The molecule has 0 rings (SSSR count). The molecule has 0 aliphatic heterocycles. The fourth-order valence-corrected chi connectivity index (χ4v) is 1.39. The minimum Gasteiger partial charge on any atom is -0.356 e. The molecule has 1 N–H and O–H groups in total. The lowest BCUT2D eigenvalue weighted by Gasteiger charge is -2.12. The third kappa shape index (κ3) is 5.67. The first kappa shape index (κ1) is 12.5. The first-order valence-corrected chi connectivity index (χ1v) is 5.53. The van der Waals surface area contributed by atoms with Crippen LogP contribution in [0.15, 0.2) is 0 Å². The molecule has 0 saturated heterocycles. The number of hydrogen-bond acceptors (Lipinski definition) is 1. The smallest absolute Gasteiger partial charge is 0.223 e. The molecule has 0 radical (unpaired) electrons. The average molecular weight is 185 g/mol.